The zero-order valence-electron chi connectivity index (χ0n) is 14.5. The molecule has 0 atom stereocenters. The SMILES string of the molecule is Cc1cc(C2=C(c3cccc(F)c3)C(=O)C(C)(C)O2)ccc1S(N)(=O)=O. The van der Waals surface area contributed by atoms with Gasteiger partial charge in [0, 0.05) is 5.56 Å². The molecule has 0 unspecified atom stereocenters. The van der Waals surface area contributed by atoms with Crippen molar-refractivity contribution in [3.8, 4) is 0 Å². The summed E-state index contributed by atoms with van der Waals surface area (Å²) in [5.41, 5.74) is 0.509. The van der Waals surface area contributed by atoms with E-state index in [4.69, 9.17) is 9.88 Å². The maximum Gasteiger partial charge on any atom is 0.238 e. The van der Waals surface area contributed by atoms with Gasteiger partial charge in [0.05, 0.1) is 10.5 Å². The molecule has 7 heteroatoms. The van der Waals surface area contributed by atoms with E-state index in [1.54, 1.807) is 32.9 Å². The van der Waals surface area contributed by atoms with E-state index in [1.807, 2.05) is 0 Å². The average Bonchev–Trinajstić information content (AvgIpc) is 2.76. The highest BCUT2D eigenvalue weighted by molar-refractivity contribution is 7.89. The first-order valence-corrected chi connectivity index (χ1v) is 9.43. The molecular weight excluding hydrogens is 357 g/mol. The summed E-state index contributed by atoms with van der Waals surface area (Å²) in [6.07, 6.45) is 0. The Balaban J connectivity index is 2.22. The van der Waals surface area contributed by atoms with E-state index < -0.39 is 21.4 Å². The van der Waals surface area contributed by atoms with Crippen molar-refractivity contribution in [1.29, 1.82) is 0 Å². The van der Waals surface area contributed by atoms with Crippen molar-refractivity contribution in [3.63, 3.8) is 0 Å². The fourth-order valence-corrected chi connectivity index (χ4v) is 3.74. The van der Waals surface area contributed by atoms with Crippen molar-refractivity contribution in [2.75, 3.05) is 0 Å². The first kappa shape index (κ1) is 18.3. The van der Waals surface area contributed by atoms with Gasteiger partial charge in [0.1, 0.15) is 11.6 Å². The topological polar surface area (TPSA) is 86.5 Å². The molecule has 1 heterocycles. The van der Waals surface area contributed by atoms with E-state index >= 15 is 0 Å². The second kappa shape index (κ2) is 6.03. The summed E-state index contributed by atoms with van der Waals surface area (Å²) in [5, 5.41) is 5.19. The normalized spacial score (nSPS) is 16.7. The number of rotatable bonds is 3. The molecule has 0 fully saturated rings. The minimum atomic E-state index is -3.85. The molecule has 26 heavy (non-hydrogen) atoms. The number of carbonyl (C=O) groups excluding carboxylic acids is 1. The van der Waals surface area contributed by atoms with E-state index in [0.29, 0.717) is 16.7 Å². The lowest BCUT2D eigenvalue weighted by molar-refractivity contribution is -0.125. The third-order valence-electron chi connectivity index (χ3n) is 4.22. The standard InChI is InChI=1S/C19H18FNO4S/c1-11-9-13(7-8-15(11)26(21,23)24)17-16(18(22)19(2,3)25-17)12-5-4-6-14(20)10-12/h4-10H,1-3H3,(H2,21,23,24). The van der Waals surface area contributed by atoms with Gasteiger partial charge in [-0.3, -0.25) is 4.79 Å². The molecule has 0 saturated heterocycles. The molecular formula is C19H18FNO4S. The molecule has 1 aliphatic heterocycles. The largest absolute Gasteiger partial charge is 0.478 e. The smallest absolute Gasteiger partial charge is 0.238 e. The van der Waals surface area contributed by atoms with E-state index in [0.717, 1.165) is 0 Å². The molecule has 2 aromatic rings. The molecule has 2 aromatic carbocycles. The number of aryl methyl sites for hydroxylation is 1. The van der Waals surface area contributed by atoms with Crippen LogP contribution in [0.3, 0.4) is 0 Å². The van der Waals surface area contributed by atoms with Crippen LogP contribution in [0.2, 0.25) is 0 Å². The summed E-state index contributed by atoms with van der Waals surface area (Å²) in [5.74, 6) is -0.450. The number of halogens is 1. The molecule has 0 saturated carbocycles. The van der Waals surface area contributed by atoms with E-state index in [9.17, 15) is 17.6 Å². The molecule has 136 valence electrons. The molecule has 0 bridgehead atoms. The van der Waals surface area contributed by atoms with Gasteiger partial charge in [0.15, 0.2) is 5.60 Å². The van der Waals surface area contributed by atoms with Gasteiger partial charge in [0.2, 0.25) is 15.8 Å². The third-order valence-corrected chi connectivity index (χ3v) is 5.29. The number of ketones is 1. The van der Waals surface area contributed by atoms with Crippen LogP contribution in [-0.4, -0.2) is 19.8 Å². The van der Waals surface area contributed by atoms with Crippen LogP contribution in [0.1, 0.15) is 30.5 Å². The number of Topliss-reactive ketones (excluding diaryl/α,β-unsaturated/α-hetero) is 1. The Hall–Kier alpha value is -2.51. The Morgan fingerprint density at radius 3 is 2.35 bits per heavy atom. The Kier molecular flexibility index (Phi) is 4.24. The number of nitrogens with two attached hydrogens (primary N) is 1. The second-order valence-electron chi connectivity index (χ2n) is 6.68. The molecule has 0 spiro atoms. The Morgan fingerprint density at radius 2 is 1.77 bits per heavy atom. The Labute approximate surface area is 151 Å². The predicted molar refractivity (Wildman–Crippen MR) is 95.9 cm³/mol. The average molecular weight is 375 g/mol. The first-order valence-electron chi connectivity index (χ1n) is 7.88. The number of hydrogen-bond donors (Lipinski definition) is 1. The number of primary sulfonamides is 1. The van der Waals surface area contributed by atoms with E-state index in [-0.39, 0.29) is 22.0 Å². The van der Waals surface area contributed by atoms with Gasteiger partial charge in [-0.25, -0.2) is 17.9 Å². The lowest BCUT2D eigenvalue weighted by atomic mass is 9.92. The lowest BCUT2D eigenvalue weighted by Gasteiger charge is -2.18. The van der Waals surface area contributed by atoms with Crippen molar-refractivity contribution in [3.05, 3.63) is 65.0 Å². The highest BCUT2D eigenvalue weighted by Crippen LogP contribution is 2.41. The predicted octanol–water partition coefficient (Wildman–Crippen LogP) is 3.03. The summed E-state index contributed by atoms with van der Waals surface area (Å²) in [6, 6.07) is 10.2. The number of carbonyl (C=O) groups is 1. The quantitative estimate of drug-likeness (QED) is 0.893. The molecule has 2 N–H and O–H groups in total. The van der Waals surface area contributed by atoms with Crippen LogP contribution in [0.4, 0.5) is 4.39 Å². The molecule has 0 aliphatic carbocycles. The molecule has 0 aromatic heterocycles. The zero-order chi connectivity index (χ0) is 19.3. The molecule has 5 nitrogen and oxygen atoms in total. The number of ether oxygens (including phenoxy) is 1. The van der Waals surface area contributed by atoms with Crippen molar-refractivity contribution in [1.82, 2.24) is 0 Å². The van der Waals surface area contributed by atoms with Gasteiger partial charge < -0.3 is 4.74 Å². The van der Waals surface area contributed by atoms with Crippen molar-refractivity contribution >= 4 is 27.1 Å². The van der Waals surface area contributed by atoms with Crippen LogP contribution < -0.4 is 5.14 Å². The number of benzene rings is 2. The number of hydrogen-bond acceptors (Lipinski definition) is 4. The molecule has 0 radical (unpaired) electrons. The minimum absolute atomic E-state index is 0.00209. The summed E-state index contributed by atoms with van der Waals surface area (Å²) in [4.78, 5) is 12.8. The van der Waals surface area contributed by atoms with Crippen LogP contribution in [0.15, 0.2) is 47.4 Å². The monoisotopic (exact) mass is 375 g/mol. The maximum atomic E-state index is 13.7. The zero-order valence-corrected chi connectivity index (χ0v) is 15.4. The maximum absolute atomic E-state index is 13.7. The van der Waals surface area contributed by atoms with Gasteiger partial charge in [-0.15, -0.1) is 0 Å². The first-order chi connectivity index (χ1) is 12.0. The van der Waals surface area contributed by atoms with Crippen LogP contribution in [0.25, 0.3) is 11.3 Å². The van der Waals surface area contributed by atoms with Crippen molar-refractivity contribution < 1.29 is 22.3 Å². The van der Waals surface area contributed by atoms with Gasteiger partial charge in [-0.1, -0.05) is 12.1 Å². The third kappa shape index (κ3) is 3.15. The Bertz CT molecular complexity index is 1050. The Morgan fingerprint density at radius 1 is 1.08 bits per heavy atom. The van der Waals surface area contributed by atoms with Crippen LogP contribution >= 0.6 is 0 Å². The fraction of sp³-hybridized carbons (Fsp3) is 0.211. The summed E-state index contributed by atoms with van der Waals surface area (Å²) in [7, 11) is -3.85. The molecule has 0 amide bonds. The van der Waals surface area contributed by atoms with Gasteiger partial charge in [0.25, 0.3) is 0 Å². The summed E-state index contributed by atoms with van der Waals surface area (Å²) < 4.78 is 42.7. The summed E-state index contributed by atoms with van der Waals surface area (Å²) in [6.45, 7) is 4.87. The van der Waals surface area contributed by atoms with Crippen LogP contribution in [0.5, 0.6) is 0 Å². The van der Waals surface area contributed by atoms with Crippen LogP contribution in [-0.2, 0) is 19.6 Å². The molecule has 1 aliphatic rings. The van der Waals surface area contributed by atoms with Gasteiger partial charge >= 0.3 is 0 Å². The highest BCUT2D eigenvalue weighted by Gasteiger charge is 2.43. The van der Waals surface area contributed by atoms with Gasteiger partial charge in [-0.2, -0.15) is 0 Å². The highest BCUT2D eigenvalue weighted by atomic mass is 32.2. The van der Waals surface area contributed by atoms with E-state index in [1.165, 1.54) is 30.3 Å². The van der Waals surface area contributed by atoms with Crippen LogP contribution in [0, 0.1) is 12.7 Å². The second-order valence-corrected chi connectivity index (χ2v) is 8.21. The van der Waals surface area contributed by atoms with E-state index in [2.05, 4.69) is 0 Å². The van der Waals surface area contributed by atoms with Crippen molar-refractivity contribution in [2.24, 2.45) is 5.14 Å². The molecule has 3 rings (SSSR count). The summed E-state index contributed by atoms with van der Waals surface area (Å²) >= 11 is 0. The van der Waals surface area contributed by atoms with Crippen molar-refractivity contribution in [2.45, 2.75) is 31.3 Å². The minimum Gasteiger partial charge on any atom is -0.478 e. The fourth-order valence-electron chi connectivity index (χ4n) is 2.98. The number of sulfonamides is 1. The van der Waals surface area contributed by atoms with Gasteiger partial charge in [-0.05, 0) is 62.2 Å². The lowest BCUT2D eigenvalue weighted by Crippen LogP contribution is -2.29.